The summed E-state index contributed by atoms with van der Waals surface area (Å²) in [6, 6.07) is 4.05. The van der Waals surface area contributed by atoms with Gasteiger partial charge in [0, 0.05) is 36.1 Å². The molecule has 1 saturated heterocycles. The van der Waals surface area contributed by atoms with Gasteiger partial charge in [-0.2, -0.15) is 0 Å². The number of nitrogens with two attached hydrogens (primary N) is 1. The molecule has 3 N–H and O–H groups in total. The third kappa shape index (κ3) is 4.05. The van der Waals surface area contributed by atoms with Crippen LogP contribution in [0, 0.1) is 0 Å². The Morgan fingerprint density at radius 1 is 1.38 bits per heavy atom. The molecule has 2 aromatic rings. The Morgan fingerprint density at radius 2 is 2.10 bits per heavy atom. The van der Waals surface area contributed by atoms with Crippen molar-refractivity contribution in [1.82, 2.24) is 15.4 Å². The first-order valence-corrected chi connectivity index (χ1v) is 7.26. The number of nitrogens with one attached hydrogen (secondary N) is 1. The predicted molar refractivity (Wildman–Crippen MR) is 90.4 cm³/mol. The summed E-state index contributed by atoms with van der Waals surface area (Å²) >= 11 is 1.49. The fourth-order valence-corrected chi connectivity index (χ4v) is 3.15. The van der Waals surface area contributed by atoms with Gasteiger partial charge in [-0.15, -0.1) is 36.2 Å². The van der Waals surface area contributed by atoms with E-state index in [0.29, 0.717) is 5.56 Å². The van der Waals surface area contributed by atoms with Crippen LogP contribution in [0.2, 0.25) is 0 Å². The number of thiophene rings is 1. The number of rotatable bonds is 2. The molecule has 1 amide bonds. The van der Waals surface area contributed by atoms with E-state index in [1.165, 1.54) is 11.3 Å². The highest BCUT2D eigenvalue weighted by Gasteiger charge is 2.19. The van der Waals surface area contributed by atoms with Gasteiger partial charge in [-0.05, 0) is 25.0 Å². The average Bonchev–Trinajstić information content (AvgIpc) is 2.85. The number of piperidine rings is 1. The van der Waals surface area contributed by atoms with Gasteiger partial charge >= 0.3 is 0 Å². The largest absolute Gasteiger partial charge is 0.328 e. The van der Waals surface area contributed by atoms with Crippen molar-refractivity contribution in [3.05, 3.63) is 29.3 Å². The second-order valence-corrected chi connectivity index (χ2v) is 5.63. The maximum absolute atomic E-state index is 12.3. The lowest BCUT2D eigenvalue weighted by Crippen LogP contribution is -2.49. The topological polar surface area (TPSA) is 71.2 Å². The fourth-order valence-electron chi connectivity index (χ4n) is 2.26. The number of hydrogen-bond donors (Lipinski definition) is 2. The zero-order valence-corrected chi connectivity index (χ0v) is 13.8. The van der Waals surface area contributed by atoms with E-state index in [1.54, 1.807) is 6.20 Å². The molecule has 5 nitrogen and oxygen atoms in total. The van der Waals surface area contributed by atoms with Crippen molar-refractivity contribution in [2.45, 2.75) is 18.9 Å². The van der Waals surface area contributed by atoms with Crippen LogP contribution >= 0.6 is 36.2 Å². The third-order valence-electron chi connectivity index (χ3n) is 3.39. The van der Waals surface area contributed by atoms with E-state index in [9.17, 15) is 4.79 Å². The second-order valence-electron chi connectivity index (χ2n) is 4.77. The SMILES string of the molecule is Cl.Cl.NC1CCN(NC(=O)c2csc3ncccc23)CC1. The zero-order valence-electron chi connectivity index (χ0n) is 11.3. The lowest BCUT2D eigenvalue weighted by Gasteiger charge is -2.30. The van der Waals surface area contributed by atoms with Crippen molar-refractivity contribution >= 4 is 52.3 Å². The fraction of sp³-hybridized carbons (Fsp3) is 0.385. The number of carbonyl (C=O) groups is 1. The number of hydrazine groups is 1. The van der Waals surface area contributed by atoms with E-state index in [2.05, 4.69) is 10.4 Å². The molecule has 0 saturated carbocycles. The molecule has 3 rings (SSSR count). The maximum atomic E-state index is 12.3. The van der Waals surface area contributed by atoms with Gasteiger partial charge in [-0.3, -0.25) is 10.2 Å². The molecule has 1 fully saturated rings. The van der Waals surface area contributed by atoms with E-state index in [-0.39, 0.29) is 36.8 Å². The van der Waals surface area contributed by atoms with Crippen LogP contribution in [0.5, 0.6) is 0 Å². The Balaban J connectivity index is 0.00000110. The van der Waals surface area contributed by atoms with Crippen LogP contribution in [-0.4, -0.2) is 35.0 Å². The molecule has 0 radical (unpaired) electrons. The summed E-state index contributed by atoms with van der Waals surface area (Å²) in [5.74, 6) is -0.0604. The molecule has 1 aliphatic heterocycles. The molecule has 21 heavy (non-hydrogen) atoms. The number of fused-ring (bicyclic) bond motifs is 1. The summed E-state index contributed by atoms with van der Waals surface area (Å²) in [6.45, 7) is 1.63. The molecule has 0 aromatic carbocycles. The molecule has 0 bridgehead atoms. The van der Waals surface area contributed by atoms with E-state index in [1.807, 2.05) is 22.5 Å². The first-order chi connectivity index (χ1) is 9.24. The van der Waals surface area contributed by atoms with Crippen LogP contribution in [0.15, 0.2) is 23.7 Å². The van der Waals surface area contributed by atoms with Crippen molar-refractivity contribution in [1.29, 1.82) is 0 Å². The Kier molecular flexibility index (Phi) is 6.83. The number of amides is 1. The highest BCUT2D eigenvalue weighted by molar-refractivity contribution is 7.17. The van der Waals surface area contributed by atoms with Crippen LogP contribution in [0.3, 0.4) is 0 Å². The smallest absolute Gasteiger partial charge is 0.267 e. The Labute approximate surface area is 139 Å². The lowest BCUT2D eigenvalue weighted by atomic mass is 10.1. The van der Waals surface area contributed by atoms with E-state index in [4.69, 9.17) is 5.73 Å². The minimum atomic E-state index is -0.0604. The molecule has 0 unspecified atom stereocenters. The van der Waals surface area contributed by atoms with Crippen molar-refractivity contribution in [3.63, 3.8) is 0 Å². The number of hydrogen-bond acceptors (Lipinski definition) is 5. The van der Waals surface area contributed by atoms with Crippen molar-refractivity contribution in [2.24, 2.45) is 5.73 Å². The van der Waals surface area contributed by atoms with Gasteiger partial charge in [0.1, 0.15) is 4.83 Å². The van der Waals surface area contributed by atoms with Crippen molar-refractivity contribution in [3.8, 4) is 0 Å². The summed E-state index contributed by atoms with van der Waals surface area (Å²) in [6.07, 6.45) is 3.59. The van der Waals surface area contributed by atoms with E-state index >= 15 is 0 Å². The molecule has 0 spiro atoms. The number of carbonyl (C=O) groups excluding carboxylic acids is 1. The third-order valence-corrected chi connectivity index (χ3v) is 4.30. The molecule has 3 heterocycles. The van der Waals surface area contributed by atoms with Gasteiger partial charge in [0.05, 0.1) is 5.56 Å². The van der Waals surface area contributed by atoms with Crippen molar-refractivity contribution in [2.75, 3.05) is 13.1 Å². The highest BCUT2D eigenvalue weighted by atomic mass is 35.5. The predicted octanol–water partition coefficient (Wildman–Crippen LogP) is 2.21. The Hall–Kier alpha value is -0.920. The molecule has 0 aliphatic carbocycles. The van der Waals surface area contributed by atoms with Crippen LogP contribution < -0.4 is 11.2 Å². The van der Waals surface area contributed by atoms with Gasteiger partial charge in [0.25, 0.3) is 5.91 Å². The molecular formula is C13H18Cl2N4OS. The first kappa shape index (κ1) is 18.1. The molecule has 8 heteroatoms. The summed E-state index contributed by atoms with van der Waals surface area (Å²) in [5, 5.41) is 4.73. The highest BCUT2D eigenvalue weighted by Crippen LogP contribution is 2.23. The number of pyridine rings is 1. The van der Waals surface area contributed by atoms with Crippen LogP contribution in [0.1, 0.15) is 23.2 Å². The molecular weight excluding hydrogens is 331 g/mol. The summed E-state index contributed by atoms with van der Waals surface area (Å²) in [7, 11) is 0. The van der Waals surface area contributed by atoms with Gasteiger partial charge < -0.3 is 5.73 Å². The Bertz CT molecular complexity index is 599. The molecule has 2 aromatic heterocycles. The van der Waals surface area contributed by atoms with Gasteiger partial charge in [0.15, 0.2) is 0 Å². The Morgan fingerprint density at radius 3 is 2.81 bits per heavy atom. The standard InChI is InChI=1S/C13H16N4OS.2ClH/c14-9-3-6-17(7-4-9)16-12(18)11-8-19-13-10(11)2-1-5-15-13;;/h1-2,5,8-9H,3-4,6-7,14H2,(H,16,18);2*1H. The lowest BCUT2D eigenvalue weighted by molar-refractivity contribution is 0.0738. The number of aromatic nitrogens is 1. The first-order valence-electron chi connectivity index (χ1n) is 6.38. The van der Waals surface area contributed by atoms with E-state index < -0.39 is 0 Å². The van der Waals surface area contributed by atoms with Gasteiger partial charge in [0.2, 0.25) is 0 Å². The van der Waals surface area contributed by atoms with E-state index in [0.717, 1.165) is 36.1 Å². The quantitative estimate of drug-likeness (QED) is 0.872. The average molecular weight is 349 g/mol. The van der Waals surface area contributed by atoms with Crippen LogP contribution in [0.25, 0.3) is 10.2 Å². The normalized spacial score (nSPS) is 16.0. The number of nitrogens with zero attached hydrogens (tertiary/aromatic N) is 2. The minimum absolute atomic E-state index is 0. The van der Waals surface area contributed by atoms with Gasteiger partial charge in [-0.1, -0.05) is 0 Å². The molecule has 0 atom stereocenters. The molecule has 1 aliphatic rings. The maximum Gasteiger partial charge on any atom is 0.267 e. The summed E-state index contributed by atoms with van der Waals surface area (Å²) in [4.78, 5) is 17.4. The summed E-state index contributed by atoms with van der Waals surface area (Å²) in [5.41, 5.74) is 9.50. The zero-order chi connectivity index (χ0) is 13.2. The van der Waals surface area contributed by atoms with Gasteiger partial charge in [-0.25, -0.2) is 9.99 Å². The van der Waals surface area contributed by atoms with Crippen molar-refractivity contribution < 1.29 is 4.79 Å². The van der Waals surface area contributed by atoms with Crippen LogP contribution in [-0.2, 0) is 0 Å². The second kappa shape index (κ2) is 7.91. The molecule has 116 valence electrons. The van der Waals surface area contributed by atoms with Crippen LogP contribution in [0.4, 0.5) is 0 Å². The minimum Gasteiger partial charge on any atom is -0.328 e. The summed E-state index contributed by atoms with van der Waals surface area (Å²) < 4.78 is 0. The monoisotopic (exact) mass is 348 g/mol. The number of halogens is 2.